The van der Waals surface area contributed by atoms with Gasteiger partial charge in [0, 0.05) is 5.69 Å². The van der Waals surface area contributed by atoms with Crippen LogP contribution < -0.4 is 10.1 Å². The molecule has 118 valence electrons. The average Bonchev–Trinajstić information content (AvgIpc) is 2.97. The molecule has 0 amide bonds. The van der Waals surface area contributed by atoms with E-state index < -0.39 is 0 Å². The predicted molar refractivity (Wildman–Crippen MR) is 88.3 cm³/mol. The fourth-order valence-electron chi connectivity index (χ4n) is 2.22. The zero-order valence-corrected chi connectivity index (χ0v) is 12.9. The number of nitrogens with zero attached hydrogens (tertiary/aromatic N) is 1. The SMILES string of the molecule is CCOC(=O)c1ccc2nc(Nc3ccc(OC)cc3)[nH]c2c1. The maximum Gasteiger partial charge on any atom is 0.338 e. The molecule has 0 radical (unpaired) electrons. The van der Waals surface area contributed by atoms with Crippen LogP contribution in [-0.4, -0.2) is 29.7 Å². The van der Waals surface area contributed by atoms with Crippen molar-refractivity contribution in [1.29, 1.82) is 0 Å². The summed E-state index contributed by atoms with van der Waals surface area (Å²) in [6.45, 7) is 2.13. The highest BCUT2D eigenvalue weighted by Gasteiger charge is 2.09. The highest BCUT2D eigenvalue weighted by Crippen LogP contribution is 2.21. The molecular formula is C17H17N3O3. The molecule has 0 spiro atoms. The predicted octanol–water partition coefficient (Wildman–Crippen LogP) is 3.49. The van der Waals surface area contributed by atoms with Gasteiger partial charge >= 0.3 is 5.97 Å². The maximum absolute atomic E-state index is 11.8. The number of anilines is 2. The van der Waals surface area contributed by atoms with Crippen LogP contribution in [0.5, 0.6) is 5.75 Å². The standard InChI is InChI=1S/C17H17N3O3/c1-3-23-16(21)11-4-9-14-15(10-11)20-17(19-14)18-12-5-7-13(22-2)8-6-12/h4-10H,3H2,1-2H3,(H2,18,19,20). The summed E-state index contributed by atoms with van der Waals surface area (Å²) in [5.74, 6) is 1.05. The minimum absolute atomic E-state index is 0.339. The van der Waals surface area contributed by atoms with Crippen LogP contribution in [0, 0.1) is 0 Å². The molecule has 0 aliphatic heterocycles. The Kier molecular flexibility index (Phi) is 4.14. The van der Waals surface area contributed by atoms with Gasteiger partial charge in [0.2, 0.25) is 5.95 Å². The minimum Gasteiger partial charge on any atom is -0.497 e. The maximum atomic E-state index is 11.8. The van der Waals surface area contributed by atoms with Crippen LogP contribution in [0.4, 0.5) is 11.6 Å². The first-order valence-corrected chi connectivity index (χ1v) is 7.27. The second-order valence-electron chi connectivity index (χ2n) is 4.89. The van der Waals surface area contributed by atoms with Gasteiger partial charge in [-0.2, -0.15) is 0 Å². The van der Waals surface area contributed by atoms with Gasteiger partial charge in [-0.25, -0.2) is 9.78 Å². The van der Waals surface area contributed by atoms with E-state index in [4.69, 9.17) is 9.47 Å². The first-order chi connectivity index (χ1) is 11.2. The van der Waals surface area contributed by atoms with Gasteiger partial charge in [0.1, 0.15) is 5.75 Å². The summed E-state index contributed by atoms with van der Waals surface area (Å²) in [5, 5.41) is 3.18. The van der Waals surface area contributed by atoms with Gasteiger partial charge in [-0.15, -0.1) is 0 Å². The van der Waals surface area contributed by atoms with Crippen molar-refractivity contribution < 1.29 is 14.3 Å². The molecule has 6 heteroatoms. The number of H-pyrrole nitrogens is 1. The van der Waals surface area contributed by atoms with Gasteiger partial charge in [-0.1, -0.05) is 0 Å². The zero-order chi connectivity index (χ0) is 16.2. The molecule has 0 saturated heterocycles. The number of aromatic amines is 1. The molecule has 2 N–H and O–H groups in total. The van der Waals surface area contributed by atoms with Crippen LogP contribution in [0.3, 0.4) is 0 Å². The Morgan fingerprint density at radius 3 is 2.70 bits per heavy atom. The monoisotopic (exact) mass is 311 g/mol. The molecule has 1 aromatic heterocycles. The molecule has 6 nitrogen and oxygen atoms in total. The van der Waals surface area contributed by atoms with Gasteiger partial charge in [0.25, 0.3) is 0 Å². The molecule has 1 heterocycles. The number of imidazole rings is 1. The lowest BCUT2D eigenvalue weighted by Crippen LogP contribution is -2.04. The first-order valence-electron chi connectivity index (χ1n) is 7.27. The summed E-state index contributed by atoms with van der Waals surface area (Å²) in [6, 6.07) is 12.8. The van der Waals surface area contributed by atoms with Gasteiger partial charge < -0.3 is 19.8 Å². The summed E-state index contributed by atoms with van der Waals surface area (Å²) in [6.07, 6.45) is 0. The summed E-state index contributed by atoms with van der Waals surface area (Å²) in [7, 11) is 1.63. The number of hydrogen-bond acceptors (Lipinski definition) is 5. The Labute approximate surface area is 133 Å². The van der Waals surface area contributed by atoms with Crippen LogP contribution >= 0.6 is 0 Å². The van der Waals surface area contributed by atoms with Crippen molar-refractivity contribution in [3.63, 3.8) is 0 Å². The number of hydrogen-bond donors (Lipinski definition) is 2. The average molecular weight is 311 g/mol. The van der Waals surface area contributed by atoms with E-state index in [2.05, 4.69) is 15.3 Å². The van der Waals surface area contributed by atoms with E-state index in [0.29, 0.717) is 18.1 Å². The normalized spacial score (nSPS) is 10.5. The molecule has 2 aromatic carbocycles. The molecule has 0 unspecified atom stereocenters. The minimum atomic E-state index is -0.339. The van der Waals surface area contributed by atoms with Crippen LogP contribution in [0.15, 0.2) is 42.5 Å². The van der Waals surface area contributed by atoms with E-state index in [1.807, 2.05) is 24.3 Å². The molecule has 0 fully saturated rings. The molecule has 0 aliphatic rings. The van der Waals surface area contributed by atoms with Crippen LogP contribution in [0.1, 0.15) is 17.3 Å². The summed E-state index contributed by atoms with van der Waals surface area (Å²) >= 11 is 0. The van der Waals surface area contributed by atoms with Crippen molar-refractivity contribution in [2.45, 2.75) is 6.92 Å². The van der Waals surface area contributed by atoms with Crippen molar-refractivity contribution in [3.05, 3.63) is 48.0 Å². The molecule has 0 bridgehead atoms. The van der Waals surface area contributed by atoms with Crippen molar-refractivity contribution >= 4 is 28.6 Å². The van der Waals surface area contributed by atoms with Crippen molar-refractivity contribution in [1.82, 2.24) is 9.97 Å². The lowest BCUT2D eigenvalue weighted by atomic mass is 10.2. The smallest absolute Gasteiger partial charge is 0.338 e. The van der Waals surface area contributed by atoms with Gasteiger partial charge in [-0.3, -0.25) is 0 Å². The lowest BCUT2D eigenvalue weighted by Gasteiger charge is -2.03. The second-order valence-corrected chi connectivity index (χ2v) is 4.89. The third-order valence-corrected chi connectivity index (χ3v) is 3.35. The van der Waals surface area contributed by atoms with Crippen molar-refractivity contribution in [2.75, 3.05) is 19.0 Å². The van der Waals surface area contributed by atoms with Gasteiger partial charge in [0.15, 0.2) is 0 Å². The number of rotatable bonds is 5. The highest BCUT2D eigenvalue weighted by atomic mass is 16.5. The molecular weight excluding hydrogens is 294 g/mol. The number of ether oxygens (including phenoxy) is 2. The number of fused-ring (bicyclic) bond motifs is 1. The van der Waals surface area contributed by atoms with Gasteiger partial charge in [-0.05, 0) is 49.4 Å². The second kappa shape index (κ2) is 6.39. The quantitative estimate of drug-likeness (QED) is 0.705. The molecule has 0 atom stereocenters. The fourth-order valence-corrected chi connectivity index (χ4v) is 2.22. The van der Waals surface area contributed by atoms with Crippen LogP contribution in [0.2, 0.25) is 0 Å². The highest BCUT2D eigenvalue weighted by molar-refractivity contribution is 5.94. The number of carbonyl (C=O) groups excluding carboxylic acids is 1. The Balaban J connectivity index is 1.83. The Bertz CT molecular complexity index is 825. The topological polar surface area (TPSA) is 76.2 Å². The number of methoxy groups -OCH3 is 1. The lowest BCUT2D eigenvalue weighted by molar-refractivity contribution is 0.0526. The fraction of sp³-hybridized carbons (Fsp3) is 0.176. The van der Waals surface area contributed by atoms with Crippen LogP contribution in [0.25, 0.3) is 11.0 Å². The Morgan fingerprint density at radius 1 is 1.22 bits per heavy atom. The molecule has 0 saturated carbocycles. The number of carbonyl (C=O) groups is 1. The number of nitrogens with one attached hydrogen (secondary N) is 2. The Morgan fingerprint density at radius 2 is 2.00 bits per heavy atom. The molecule has 3 aromatic rings. The Hall–Kier alpha value is -3.02. The molecule has 23 heavy (non-hydrogen) atoms. The van der Waals surface area contributed by atoms with E-state index >= 15 is 0 Å². The van der Waals surface area contributed by atoms with E-state index in [-0.39, 0.29) is 5.97 Å². The van der Waals surface area contributed by atoms with E-state index in [1.165, 1.54) is 0 Å². The third kappa shape index (κ3) is 3.26. The number of benzene rings is 2. The summed E-state index contributed by atoms with van der Waals surface area (Å²) < 4.78 is 10.1. The van der Waals surface area contributed by atoms with E-state index in [1.54, 1.807) is 32.2 Å². The third-order valence-electron chi connectivity index (χ3n) is 3.35. The van der Waals surface area contributed by atoms with E-state index in [0.717, 1.165) is 22.5 Å². The summed E-state index contributed by atoms with van der Waals surface area (Å²) in [4.78, 5) is 19.4. The molecule has 0 aliphatic carbocycles. The van der Waals surface area contributed by atoms with Gasteiger partial charge in [0.05, 0.1) is 30.3 Å². The summed E-state index contributed by atoms with van der Waals surface area (Å²) in [5.41, 5.74) is 2.93. The molecule has 3 rings (SSSR count). The van der Waals surface area contributed by atoms with Crippen LogP contribution in [-0.2, 0) is 4.74 Å². The van der Waals surface area contributed by atoms with Crippen molar-refractivity contribution in [3.8, 4) is 5.75 Å². The van der Waals surface area contributed by atoms with Crippen molar-refractivity contribution in [2.24, 2.45) is 0 Å². The number of aromatic nitrogens is 2. The zero-order valence-electron chi connectivity index (χ0n) is 12.9. The first kappa shape index (κ1) is 14.9. The number of esters is 1. The van der Waals surface area contributed by atoms with E-state index in [9.17, 15) is 4.79 Å². The largest absolute Gasteiger partial charge is 0.497 e.